The predicted molar refractivity (Wildman–Crippen MR) is 208 cm³/mol. The molecule has 0 saturated heterocycles. The number of hydrogen-bond acceptors (Lipinski definition) is 6. The fraction of sp³-hybridized carbons (Fsp3) is 0.432. The minimum atomic E-state index is -4.66. The number of carbonyl (C=O) groups excluding carboxylic acids is 1. The molecule has 1 amide bonds. The average Bonchev–Trinajstić information content (AvgIpc) is 3.21. The molecule has 1 aliphatic carbocycles. The maximum absolute atomic E-state index is 14.3. The molecule has 0 aliphatic heterocycles. The van der Waals surface area contributed by atoms with Crippen LogP contribution in [0.5, 0.6) is 5.75 Å². The molecule has 5 rings (SSSR count). The predicted octanol–water partition coefficient (Wildman–Crippen LogP) is 11.2. The van der Waals surface area contributed by atoms with Crippen LogP contribution in [0.2, 0.25) is 0 Å². The summed E-state index contributed by atoms with van der Waals surface area (Å²) in [5.74, 6) is 0.478. The van der Waals surface area contributed by atoms with Crippen molar-refractivity contribution >= 4 is 14.1 Å². The highest BCUT2D eigenvalue weighted by molar-refractivity contribution is 7.39. The second-order valence-electron chi connectivity index (χ2n) is 14.5. The van der Waals surface area contributed by atoms with Crippen LogP contribution in [0, 0.1) is 5.92 Å². The number of alkyl carbamates (subject to hydrolysis) is 1. The van der Waals surface area contributed by atoms with Gasteiger partial charge in [0.1, 0.15) is 19.0 Å². The Balaban J connectivity index is 1.29. The van der Waals surface area contributed by atoms with E-state index in [2.05, 4.69) is 5.32 Å². The maximum Gasteiger partial charge on any atom is 0.516 e. The Labute approximate surface area is 323 Å². The van der Waals surface area contributed by atoms with Gasteiger partial charge in [-0.05, 0) is 65.0 Å². The van der Waals surface area contributed by atoms with Gasteiger partial charge in [0.15, 0.2) is 0 Å². The summed E-state index contributed by atoms with van der Waals surface area (Å²) in [6, 6.07) is 31.8. The van der Waals surface area contributed by atoms with Crippen molar-refractivity contribution in [3.05, 3.63) is 137 Å². The van der Waals surface area contributed by atoms with Gasteiger partial charge in [0.05, 0.1) is 24.3 Å². The summed E-state index contributed by atoms with van der Waals surface area (Å²) >= 11 is 0. The van der Waals surface area contributed by atoms with Crippen molar-refractivity contribution in [2.75, 3.05) is 19.8 Å². The molecular formula is C44H52F3NO6P+. The Morgan fingerprint density at radius 2 is 1.49 bits per heavy atom. The zero-order valence-electron chi connectivity index (χ0n) is 31.2. The Morgan fingerprint density at radius 3 is 2.15 bits per heavy atom. The quantitative estimate of drug-likeness (QED) is 0.0685. The van der Waals surface area contributed by atoms with Gasteiger partial charge >= 0.3 is 20.3 Å². The van der Waals surface area contributed by atoms with Crippen molar-refractivity contribution < 1.29 is 41.6 Å². The molecular weight excluding hydrogens is 726 g/mol. The smallest absolute Gasteiger partial charge is 0.493 e. The van der Waals surface area contributed by atoms with E-state index in [4.69, 9.17) is 14.0 Å². The molecule has 0 radical (unpaired) electrons. The van der Waals surface area contributed by atoms with Crippen LogP contribution in [-0.2, 0) is 39.5 Å². The Hall–Kier alpha value is -4.24. The monoisotopic (exact) mass is 778 g/mol. The zero-order valence-corrected chi connectivity index (χ0v) is 32.1. The standard InChI is InChI=1S/C44H51F3NO6P/c45-44(46,47)39-29-36(24-25-40(39)52-28-14-13-17-34-15-5-1-6-16-34)26-27-43(32-49,48-42(50)53-31-37-20-9-3-10-21-37)33-54-55(51)41(38-22-11-4-12-23-38)30-35-18-7-2-8-19-35/h2-4,7-12,18-25,29,34,41,49H,1,5-6,13-17,26-28,30-33H2/p+1. The second-order valence-corrected chi connectivity index (χ2v) is 15.9. The van der Waals surface area contributed by atoms with E-state index < -0.39 is 43.7 Å². The van der Waals surface area contributed by atoms with Crippen LogP contribution in [0.1, 0.15) is 91.3 Å². The summed E-state index contributed by atoms with van der Waals surface area (Å²) in [7, 11) is -2.40. The van der Waals surface area contributed by atoms with Crippen LogP contribution in [0.15, 0.2) is 109 Å². The summed E-state index contributed by atoms with van der Waals surface area (Å²) in [6.07, 6.45) is 3.81. The Kier molecular flexibility index (Phi) is 16.1. The van der Waals surface area contributed by atoms with Crippen molar-refractivity contribution in [2.45, 2.75) is 94.6 Å². The van der Waals surface area contributed by atoms with Gasteiger partial charge in [-0.15, -0.1) is 4.52 Å². The van der Waals surface area contributed by atoms with Gasteiger partial charge in [-0.3, -0.25) is 0 Å². The van der Waals surface area contributed by atoms with Crippen molar-refractivity contribution in [3.63, 3.8) is 0 Å². The van der Waals surface area contributed by atoms with Crippen LogP contribution in [0.4, 0.5) is 18.0 Å². The number of rotatable bonds is 20. The number of alkyl halides is 3. The summed E-state index contributed by atoms with van der Waals surface area (Å²) in [4.78, 5) is 13.2. The molecule has 3 atom stereocenters. The maximum atomic E-state index is 14.3. The molecule has 0 aromatic heterocycles. The molecule has 1 saturated carbocycles. The largest absolute Gasteiger partial charge is 0.516 e. The molecule has 294 valence electrons. The molecule has 0 heterocycles. The van der Waals surface area contributed by atoms with Crippen molar-refractivity contribution in [2.24, 2.45) is 5.92 Å². The molecule has 3 unspecified atom stereocenters. The van der Waals surface area contributed by atoms with Crippen molar-refractivity contribution in [1.29, 1.82) is 0 Å². The van der Waals surface area contributed by atoms with E-state index in [9.17, 15) is 27.6 Å². The number of unbranched alkanes of at least 4 members (excludes halogenated alkanes) is 1. The number of hydrogen-bond donors (Lipinski definition) is 2. The molecule has 1 aliphatic rings. The highest BCUT2D eigenvalue weighted by Crippen LogP contribution is 2.45. The van der Waals surface area contributed by atoms with Crippen LogP contribution in [0.3, 0.4) is 0 Å². The average molecular weight is 779 g/mol. The third kappa shape index (κ3) is 13.5. The zero-order chi connectivity index (χ0) is 38.9. The Morgan fingerprint density at radius 1 is 0.836 bits per heavy atom. The van der Waals surface area contributed by atoms with Crippen LogP contribution >= 0.6 is 8.03 Å². The number of benzene rings is 4. The molecule has 2 N–H and O–H groups in total. The van der Waals surface area contributed by atoms with E-state index in [1.807, 2.05) is 66.7 Å². The highest BCUT2D eigenvalue weighted by atomic mass is 31.1. The van der Waals surface area contributed by atoms with Crippen molar-refractivity contribution in [3.8, 4) is 5.75 Å². The van der Waals surface area contributed by atoms with Gasteiger partial charge in [0, 0.05) is 12.0 Å². The molecule has 7 nitrogen and oxygen atoms in total. The minimum absolute atomic E-state index is 0.0244. The van der Waals surface area contributed by atoms with Crippen LogP contribution in [-0.4, -0.2) is 36.6 Å². The van der Waals surface area contributed by atoms with Crippen LogP contribution < -0.4 is 10.1 Å². The lowest BCUT2D eigenvalue weighted by atomic mass is 9.86. The number of aliphatic hydroxyl groups is 1. The van der Waals surface area contributed by atoms with E-state index in [1.165, 1.54) is 38.2 Å². The summed E-state index contributed by atoms with van der Waals surface area (Å²) in [5.41, 5.74) is -0.162. The van der Waals surface area contributed by atoms with E-state index >= 15 is 0 Å². The topological polar surface area (TPSA) is 94.1 Å². The fourth-order valence-corrected chi connectivity index (χ4v) is 8.40. The molecule has 55 heavy (non-hydrogen) atoms. The lowest BCUT2D eigenvalue weighted by Crippen LogP contribution is -2.55. The number of ether oxygens (including phenoxy) is 2. The van der Waals surface area contributed by atoms with Gasteiger partial charge in [-0.25, -0.2) is 4.79 Å². The number of aryl methyl sites for hydroxylation is 1. The molecule has 0 bridgehead atoms. The summed E-state index contributed by atoms with van der Waals surface area (Å²) < 4.78 is 74.0. The second kappa shape index (κ2) is 21.2. The normalized spacial score (nSPS) is 15.5. The molecule has 11 heteroatoms. The number of nitrogens with one attached hydrogen (secondary N) is 1. The van der Waals surface area contributed by atoms with E-state index in [1.54, 1.807) is 30.3 Å². The number of amides is 1. The summed E-state index contributed by atoms with van der Waals surface area (Å²) in [5, 5.41) is 13.5. The first-order valence-corrected chi connectivity index (χ1v) is 20.5. The van der Waals surface area contributed by atoms with Gasteiger partial charge in [-0.2, -0.15) is 13.2 Å². The van der Waals surface area contributed by atoms with Gasteiger partial charge in [0.25, 0.3) is 0 Å². The summed E-state index contributed by atoms with van der Waals surface area (Å²) in [6.45, 7) is -0.889. The number of halogens is 3. The van der Waals surface area contributed by atoms with E-state index in [-0.39, 0.29) is 38.4 Å². The van der Waals surface area contributed by atoms with Gasteiger partial charge < -0.3 is 19.9 Å². The molecule has 1 fully saturated rings. The van der Waals surface area contributed by atoms with E-state index in [0.717, 1.165) is 35.6 Å². The SMILES string of the molecule is O=C(NC(CO)(CCc1ccc(OCCCCC2CCCCC2)c(C(F)(F)F)c1)CO[P+](=O)C(Cc1ccccc1)c1ccccc1)OCc1ccccc1. The number of carbonyl (C=O) groups is 1. The van der Waals surface area contributed by atoms with Crippen molar-refractivity contribution in [1.82, 2.24) is 5.32 Å². The Bertz CT molecular complexity index is 1760. The molecule has 0 spiro atoms. The fourth-order valence-electron chi connectivity index (χ4n) is 7.07. The first-order chi connectivity index (χ1) is 26.6. The lowest BCUT2D eigenvalue weighted by Gasteiger charge is -2.31. The van der Waals surface area contributed by atoms with E-state index in [0.29, 0.717) is 24.3 Å². The first-order valence-electron chi connectivity index (χ1n) is 19.2. The third-order valence-electron chi connectivity index (χ3n) is 10.3. The molecule has 4 aromatic carbocycles. The molecule has 4 aromatic rings. The first kappa shape index (κ1) is 41.9. The van der Waals surface area contributed by atoms with Crippen LogP contribution in [0.25, 0.3) is 0 Å². The minimum Gasteiger partial charge on any atom is -0.493 e. The lowest BCUT2D eigenvalue weighted by molar-refractivity contribution is -0.139. The highest BCUT2D eigenvalue weighted by Gasteiger charge is 2.41. The van der Waals surface area contributed by atoms with Gasteiger partial charge in [-0.1, -0.05) is 136 Å². The number of aliphatic hydroxyl groups excluding tert-OH is 1. The third-order valence-corrected chi connectivity index (χ3v) is 11.7. The van der Waals surface area contributed by atoms with Gasteiger partial charge in [0.2, 0.25) is 5.66 Å².